The molecule has 0 radical (unpaired) electrons. The Hall–Kier alpha value is -3.32. The summed E-state index contributed by atoms with van der Waals surface area (Å²) in [5, 5.41) is 5.01. The number of hydrogen-bond donors (Lipinski definition) is 1. The second-order valence-corrected chi connectivity index (χ2v) is 6.80. The van der Waals surface area contributed by atoms with Gasteiger partial charge in [0, 0.05) is 0 Å². The molecular formula is C21H20ClN3O4. The zero-order valence-electron chi connectivity index (χ0n) is 16.0. The molecule has 150 valence electrons. The molecule has 1 amide bonds. The molecule has 7 nitrogen and oxygen atoms in total. The molecule has 1 heterocycles. The van der Waals surface area contributed by atoms with Crippen LogP contribution >= 0.6 is 11.6 Å². The number of carbonyl (C=O) groups excluding carboxylic acids is 2. The zero-order valence-corrected chi connectivity index (χ0v) is 16.8. The van der Waals surface area contributed by atoms with E-state index < -0.39 is 11.9 Å². The van der Waals surface area contributed by atoms with Gasteiger partial charge in [0.05, 0.1) is 27.7 Å². The van der Waals surface area contributed by atoms with Gasteiger partial charge in [0.25, 0.3) is 5.91 Å². The van der Waals surface area contributed by atoms with Gasteiger partial charge in [-0.05, 0) is 55.8 Å². The number of aromatic nitrogens is 2. The first-order chi connectivity index (χ1) is 13.8. The van der Waals surface area contributed by atoms with E-state index in [9.17, 15) is 9.59 Å². The monoisotopic (exact) mass is 413 g/mol. The maximum Gasteiger partial charge on any atom is 0.338 e. The van der Waals surface area contributed by atoms with Gasteiger partial charge in [-0.25, -0.2) is 9.48 Å². The van der Waals surface area contributed by atoms with Crippen molar-refractivity contribution >= 4 is 23.5 Å². The fourth-order valence-corrected chi connectivity index (χ4v) is 2.84. The minimum Gasteiger partial charge on any atom is -0.484 e. The van der Waals surface area contributed by atoms with Crippen LogP contribution in [0.4, 0.5) is 0 Å². The van der Waals surface area contributed by atoms with Crippen molar-refractivity contribution in [2.45, 2.75) is 20.5 Å². The normalized spacial score (nSPS) is 10.6. The van der Waals surface area contributed by atoms with Gasteiger partial charge in [0.15, 0.2) is 6.61 Å². The van der Waals surface area contributed by atoms with Crippen LogP contribution in [0.3, 0.4) is 0 Å². The topological polar surface area (TPSA) is 96.4 Å². The Morgan fingerprint density at radius 2 is 1.86 bits per heavy atom. The van der Waals surface area contributed by atoms with Crippen molar-refractivity contribution in [2.24, 2.45) is 5.73 Å². The van der Waals surface area contributed by atoms with Gasteiger partial charge in [-0.15, -0.1) is 0 Å². The molecule has 0 aliphatic heterocycles. The molecule has 0 aliphatic rings. The molecule has 0 atom stereocenters. The molecule has 0 spiro atoms. The van der Waals surface area contributed by atoms with Crippen molar-refractivity contribution in [3.05, 3.63) is 76.1 Å². The Labute approximate surface area is 173 Å². The van der Waals surface area contributed by atoms with E-state index in [1.54, 1.807) is 53.2 Å². The Balaban J connectivity index is 1.63. The Bertz CT molecular complexity index is 1040. The van der Waals surface area contributed by atoms with Crippen LogP contribution in [0.25, 0.3) is 5.69 Å². The fraction of sp³-hybridized carbons (Fsp3) is 0.190. The van der Waals surface area contributed by atoms with Gasteiger partial charge < -0.3 is 15.2 Å². The number of carbonyl (C=O) groups is 2. The molecule has 3 rings (SSSR count). The van der Waals surface area contributed by atoms with Gasteiger partial charge in [0.1, 0.15) is 12.4 Å². The lowest BCUT2D eigenvalue weighted by Crippen LogP contribution is -2.20. The number of amides is 1. The molecule has 0 unspecified atom stereocenters. The lowest BCUT2D eigenvalue weighted by atomic mass is 10.2. The van der Waals surface area contributed by atoms with E-state index in [1.807, 2.05) is 13.8 Å². The van der Waals surface area contributed by atoms with E-state index in [0.29, 0.717) is 16.3 Å². The first-order valence-corrected chi connectivity index (χ1v) is 9.22. The number of hydrogen-bond acceptors (Lipinski definition) is 5. The molecule has 2 N–H and O–H groups in total. The highest BCUT2D eigenvalue weighted by molar-refractivity contribution is 6.31. The summed E-state index contributed by atoms with van der Waals surface area (Å²) in [7, 11) is 0. The highest BCUT2D eigenvalue weighted by atomic mass is 35.5. The predicted molar refractivity (Wildman–Crippen MR) is 108 cm³/mol. The fourth-order valence-electron chi connectivity index (χ4n) is 2.73. The summed E-state index contributed by atoms with van der Waals surface area (Å²) in [5.74, 6) is -0.537. The Kier molecular flexibility index (Phi) is 6.19. The molecule has 0 saturated heterocycles. The third-order valence-corrected chi connectivity index (χ3v) is 4.75. The summed E-state index contributed by atoms with van der Waals surface area (Å²) < 4.78 is 12.3. The number of benzene rings is 2. The summed E-state index contributed by atoms with van der Waals surface area (Å²) in [5.41, 5.74) is 8.59. The van der Waals surface area contributed by atoms with Crippen LogP contribution in [0.15, 0.2) is 48.5 Å². The maximum atomic E-state index is 12.3. The van der Waals surface area contributed by atoms with Crippen LogP contribution in [-0.4, -0.2) is 28.3 Å². The van der Waals surface area contributed by atoms with Gasteiger partial charge in [-0.1, -0.05) is 23.7 Å². The van der Waals surface area contributed by atoms with Crippen molar-refractivity contribution < 1.29 is 19.1 Å². The summed E-state index contributed by atoms with van der Waals surface area (Å²) in [6.45, 7) is 3.58. The predicted octanol–water partition coefficient (Wildman–Crippen LogP) is 3.36. The summed E-state index contributed by atoms with van der Waals surface area (Å²) in [4.78, 5) is 23.1. The van der Waals surface area contributed by atoms with E-state index in [2.05, 4.69) is 5.10 Å². The average Bonchev–Trinajstić information content (AvgIpc) is 2.98. The number of rotatable bonds is 7. The highest BCUT2D eigenvalue weighted by Crippen LogP contribution is 2.22. The lowest BCUT2D eigenvalue weighted by Gasteiger charge is -2.09. The molecule has 0 fully saturated rings. The van der Waals surface area contributed by atoms with Crippen molar-refractivity contribution in [1.82, 2.24) is 9.78 Å². The van der Waals surface area contributed by atoms with Gasteiger partial charge in [-0.3, -0.25) is 4.79 Å². The first kappa shape index (κ1) is 20.4. The van der Waals surface area contributed by atoms with Gasteiger partial charge >= 0.3 is 5.97 Å². The smallest absolute Gasteiger partial charge is 0.338 e. The van der Waals surface area contributed by atoms with Crippen LogP contribution in [0, 0.1) is 13.8 Å². The molecule has 8 heteroatoms. The maximum absolute atomic E-state index is 12.3. The van der Waals surface area contributed by atoms with Crippen molar-refractivity contribution in [2.75, 3.05) is 6.61 Å². The van der Waals surface area contributed by atoms with Crippen LogP contribution < -0.4 is 10.5 Å². The van der Waals surface area contributed by atoms with Crippen LogP contribution in [-0.2, 0) is 16.1 Å². The highest BCUT2D eigenvalue weighted by Gasteiger charge is 2.12. The zero-order chi connectivity index (χ0) is 21.0. The molecule has 3 aromatic rings. The molecule has 29 heavy (non-hydrogen) atoms. The number of esters is 1. The summed E-state index contributed by atoms with van der Waals surface area (Å²) in [6.07, 6.45) is 0. The average molecular weight is 414 g/mol. The Morgan fingerprint density at radius 3 is 2.48 bits per heavy atom. The summed E-state index contributed by atoms with van der Waals surface area (Å²) in [6, 6.07) is 13.8. The van der Waals surface area contributed by atoms with Crippen LogP contribution in [0.1, 0.15) is 27.3 Å². The van der Waals surface area contributed by atoms with Gasteiger partial charge in [0.2, 0.25) is 0 Å². The van der Waals surface area contributed by atoms with Crippen molar-refractivity contribution in [3.8, 4) is 11.4 Å². The second-order valence-electron chi connectivity index (χ2n) is 6.42. The number of aryl methyl sites for hydroxylation is 1. The second kappa shape index (κ2) is 8.79. The standard InChI is InChI=1S/C21H20ClN3O4/c1-13-20(22)14(2)25(24-13)17-8-6-16(7-9-17)21(27)29-11-15-4-3-5-18(10-15)28-12-19(23)26/h3-10H,11-12H2,1-2H3,(H2,23,26). The molecule has 0 bridgehead atoms. The van der Waals surface area contributed by atoms with E-state index in [-0.39, 0.29) is 13.2 Å². The van der Waals surface area contributed by atoms with E-state index in [1.165, 1.54) is 0 Å². The van der Waals surface area contributed by atoms with E-state index in [4.69, 9.17) is 26.8 Å². The quantitative estimate of drug-likeness (QED) is 0.599. The van der Waals surface area contributed by atoms with Gasteiger partial charge in [-0.2, -0.15) is 5.10 Å². The third-order valence-electron chi connectivity index (χ3n) is 4.20. The third kappa shape index (κ3) is 4.94. The van der Waals surface area contributed by atoms with Crippen LogP contribution in [0.2, 0.25) is 5.02 Å². The molecular weight excluding hydrogens is 394 g/mol. The number of primary amides is 1. The van der Waals surface area contributed by atoms with Crippen molar-refractivity contribution in [3.63, 3.8) is 0 Å². The first-order valence-electron chi connectivity index (χ1n) is 8.84. The summed E-state index contributed by atoms with van der Waals surface area (Å²) >= 11 is 6.19. The van der Waals surface area contributed by atoms with Crippen molar-refractivity contribution in [1.29, 1.82) is 0 Å². The number of nitrogens with two attached hydrogens (primary N) is 1. The largest absolute Gasteiger partial charge is 0.484 e. The molecule has 0 aliphatic carbocycles. The molecule has 0 saturated carbocycles. The minimum absolute atomic E-state index is 0.0709. The van der Waals surface area contributed by atoms with Crippen LogP contribution in [0.5, 0.6) is 5.75 Å². The number of ether oxygens (including phenoxy) is 2. The molecule has 1 aromatic heterocycles. The Morgan fingerprint density at radius 1 is 1.14 bits per heavy atom. The number of halogens is 1. The van der Waals surface area contributed by atoms with E-state index >= 15 is 0 Å². The number of nitrogens with zero attached hydrogens (tertiary/aromatic N) is 2. The lowest BCUT2D eigenvalue weighted by molar-refractivity contribution is -0.119. The SMILES string of the molecule is Cc1nn(-c2ccc(C(=O)OCc3cccc(OCC(N)=O)c3)cc2)c(C)c1Cl. The molecule has 2 aromatic carbocycles. The van der Waals surface area contributed by atoms with E-state index in [0.717, 1.165) is 22.6 Å². The minimum atomic E-state index is -0.562.